The van der Waals surface area contributed by atoms with Crippen molar-refractivity contribution in [3.8, 4) is 0 Å². The van der Waals surface area contributed by atoms with Crippen molar-refractivity contribution in [2.75, 3.05) is 27.8 Å². The molecule has 0 rings (SSSR count). The third-order valence-electron chi connectivity index (χ3n) is 1.22. The minimum absolute atomic E-state index is 0.0787. The molecule has 0 saturated carbocycles. The van der Waals surface area contributed by atoms with Crippen molar-refractivity contribution in [1.82, 2.24) is 4.72 Å². The van der Waals surface area contributed by atoms with Crippen molar-refractivity contribution in [2.24, 2.45) is 0 Å². The van der Waals surface area contributed by atoms with Gasteiger partial charge in [-0.05, 0) is 0 Å². The van der Waals surface area contributed by atoms with Gasteiger partial charge in [-0.25, -0.2) is 8.42 Å². The van der Waals surface area contributed by atoms with E-state index in [1.165, 1.54) is 4.72 Å². The normalized spacial score (nSPS) is 15.3. The van der Waals surface area contributed by atoms with Crippen molar-refractivity contribution in [1.29, 1.82) is 0 Å². The SMILES string of the molecule is C[N+](C)(C)CNS(=O)(=O)C(F)(F)F.O=S([O-])C(F)(F)F. The van der Waals surface area contributed by atoms with E-state index < -0.39 is 32.1 Å². The molecule has 0 spiro atoms. The third-order valence-corrected chi connectivity index (χ3v) is 2.72. The van der Waals surface area contributed by atoms with E-state index in [1.807, 2.05) is 0 Å². The minimum atomic E-state index is -5.23. The number of nitrogens with zero attached hydrogens (tertiary/aromatic N) is 1. The van der Waals surface area contributed by atoms with Crippen LogP contribution in [0.5, 0.6) is 0 Å². The molecule has 1 atom stereocenters. The van der Waals surface area contributed by atoms with Crippen LogP contribution in [-0.4, -0.2) is 60.5 Å². The van der Waals surface area contributed by atoms with Gasteiger partial charge < -0.3 is 9.04 Å². The molecule has 0 aliphatic carbocycles. The molecule has 20 heavy (non-hydrogen) atoms. The summed E-state index contributed by atoms with van der Waals surface area (Å²) < 4.78 is 107. The molecule has 124 valence electrons. The number of halogens is 6. The molecule has 0 fully saturated rings. The van der Waals surface area contributed by atoms with Gasteiger partial charge in [-0.1, -0.05) is 0 Å². The second kappa shape index (κ2) is 7.02. The maximum Gasteiger partial charge on any atom is 0.511 e. The maximum atomic E-state index is 11.8. The van der Waals surface area contributed by atoms with E-state index in [4.69, 9.17) is 8.76 Å². The molecular weight excluding hydrogens is 342 g/mol. The largest absolute Gasteiger partial charge is 0.766 e. The second-order valence-corrected chi connectivity index (χ2v) is 6.91. The summed E-state index contributed by atoms with van der Waals surface area (Å²) in [6, 6.07) is 0. The highest BCUT2D eigenvalue weighted by atomic mass is 32.2. The van der Waals surface area contributed by atoms with Crippen LogP contribution in [-0.2, 0) is 21.1 Å². The van der Waals surface area contributed by atoms with E-state index in [-0.39, 0.29) is 11.2 Å². The van der Waals surface area contributed by atoms with Gasteiger partial charge in [0.25, 0.3) is 0 Å². The summed E-state index contributed by atoms with van der Waals surface area (Å²) in [5, 5.41) is 0. The number of nitrogens with one attached hydrogen (secondary N) is 1. The van der Waals surface area contributed by atoms with E-state index in [2.05, 4.69) is 0 Å². The van der Waals surface area contributed by atoms with Gasteiger partial charge in [-0.2, -0.15) is 31.1 Å². The van der Waals surface area contributed by atoms with Crippen molar-refractivity contribution in [3.63, 3.8) is 0 Å². The lowest BCUT2D eigenvalue weighted by Gasteiger charge is -2.24. The van der Waals surface area contributed by atoms with Crippen LogP contribution in [0.25, 0.3) is 0 Å². The molecule has 0 aliphatic rings. The Morgan fingerprint density at radius 1 is 1.10 bits per heavy atom. The Bertz CT molecular complexity index is 424. The van der Waals surface area contributed by atoms with Crippen molar-refractivity contribution < 1.29 is 48.0 Å². The number of rotatable bonds is 3. The lowest BCUT2D eigenvalue weighted by Crippen LogP contribution is -2.48. The lowest BCUT2D eigenvalue weighted by molar-refractivity contribution is -0.871. The van der Waals surface area contributed by atoms with Crippen molar-refractivity contribution in [3.05, 3.63) is 0 Å². The van der Waals surface area contributed by atoms with Gasteiger partial charge in [0.15, 0.2) is 0 Å². The number of hydrogen-bond donors (Lipinski definition) is 1. The van der Waals surface area contributed by atoms with E-state index in [9.17, 15) is 34.8 Å². The molecule has 6 nitrogen and oxygen atoms in total. The van der Waals surface area contributed by atoms with Crippen LogP contribution in [0.3, 0.4) is 0 Å². The number of hydrogen-bond acceptors (Lipinski definition) is 4. The van der Waals surface area contributed by atoms with Crippen LogP contribution < -0.4 is 4.72 Å². The van der Waals surface area contributed by atoms with E-state index in [1.54, 1.807) is 21.1 Å². The topological polar surface area (TPSA) is 86.3 Å². The molecule has 0 aromatic rings. The number of quaternary nitrogens is 1. The Labute approximate surface area is 113 Å². The fourth-order valence-electron chi connectivity index (χ4n) is 0.360. The number of alkyl halides is 6. The molecule has 0 amide bonds. The first-order valence-electron chi connectivity index (χ1n) is 4.42. The smallest absolute Gasteiger partial charge is 0.511 e. The number of sulfonamides is 1. The summed E-state index contributed by atoms with van der Waals surface area (Å²) in [5.74, 6) is 0. The van der Waals surface area contributed by atoms with Gasteiger partial charge in [0.05, 0.1) is 32.2 Å². The van der Waals surface area contributed by atoms with Crippen LogP contribution >= 0.6 is 0 Å². The quantitative estimate of drug-likeness (QED) is 0.346. The van der Waals surface area contributed by atoms with Crippen molar-refractivity contribution >= 4 is 21.1 Å². The molecule has 1 unspecified atom stereocenters. The highest BCUT2D eigenvalue weighted by molar-refractivity contribution is 7.90. The molecule has 1 N–H and O–H groups in total. The minimum Gasteiger partial charge on any atom is -0.766 e. The molecule has 0 aliphatic heterocycles. The predicted molar refractivity (Wildman–Crippen MR) is 56.0 cm³/mol. The van der Waals surface area contributed by atoms with Crippen LogP contribution in [0.4, 0.5) is 26.3 Å². The van der Waals surface area contributed by atoms with Gasteiger partial charge >= 0.3 is 21.0 Å². The molecule has 0 bridgehead atoms. The van der Waals surface area contributed by atoms with E-state index in [0.717, 1.165) is 0 Å². The second-order valence-electron chi connectivity index (χ2n) is 4.22. The zero-order valence-electron chi connectivity index (χ0n) is 10.4. The lowest BCUT2D eigenvalue weighted by atomic mass is 10.7. The van der Waals surface area contributed by atoms with Crippen LogP contribution in [0.1, 0.15) is 0 Å². The Balaban J connectivity index is 0. The van der Waals surface area contributed by atoms with Gasteiger partial charge in [0.1, 0.15) is 6.67 Å². The Kier molecular flexibility index (Phi) is 7.67. The van der Waals surface area contributed by atoms with E-state index >= 15 is 0 Å². The first-order chi connectivity index (χ1) is 8.40. The maximum absolute atomic E-state index is 11.8. The van der Waals surface area contributed by atoms with Crippen molar-refractivity contribution in [2.45, 2.75) is 11.0 Å². The zero-order valence-corrected chi connectivity index (χ0v) is 12.0. The highest BCUT2D eigenvalue weighted by Gasteiger charge is 2.46. The first-order valence-corrected chi connectivity index (χ1v) is 6.98. The standard InChI is InChI=1S/C5H12F3N2O2S.CHF3O2S/c1-10(2,3)4-9-13(11,12)5(6,7)8;2-1(3,4)7(5)6/h9H,4H2,1-3H3;(H,5,6)/q+1;/p-1. The molecule has 14 heteroatoms. The van der Waals surface area contributed by atoms with Gasteiger partial charge in [0, 0.05) is 0 Å². The van der Waals surface area contributed by atoms with Gasteiger partial charge in [-0.3, -0.25) is 4.21 Å². The Morgan fingerprint density at radius 3 is 1.55 bits per heavy atom. The average molecular weight is 354 g/mol. The fourth-order valence-corrected chi connectivity index (χ4v) is 1.08. The zero-order chi connectivity index (χ0) is 17.0. The molecule has 0 saturated heterocycles. The summed E-state index contributed by atoms with van der Waals surface area (Å²) in [7, 11) is -0.492. The molecule has 0 radical (unpaired) electrons. The van der Waals surface area contributed by atoms with Gasteiger partial charge in [0.2, 0.25) is 0 Å². The predicted octanol–water partition coefficient (Wildman–Crippen LogP) is 0.475. The average Bonchev–Trinajstić information content (AvgIpc) is 2.11. The summed E-state index contributed by atoms with van der Waals surface area (Å²) in [5.41, 5.74) is -10.3. The third kappa shape index (κ3) is 10.4. The summed E-state index contributed by atoms with van der Waals surface area (Å²) in [6.07, 6.45) is 0. The van der Waals surface area contributed by atoms with Crippen LogP contribution in [0.15, 0.2) is 0 Å². The summed E-state index contributed by atoms with van der Waals surface area (Å²) >= 11 is -3.93. The molecule has 0 aromatic carbocycles. The monoisotopic (exact) mass is 354 g/mol. The summed E-state index contributed by atoms with van der Waals surface area (Å²) in [6.45, 7) is -0.304. The van der Waals surface area contributed by atoms with E-state index in [0.29, 0.717) is 0 Å². The molecule has 0 aromatic heterocycles. The Hall–Kier alpha value is -0.440. The molecule has 0 heterocycles. The van der Waals surface area contributed by atoms with Crippen LogP contribution in [0.2, 0.25) is 0 Å². The highest BCUT2D eigenvalue weighted by Crippen LogP contribution is 2.21. The first kappa shape index (κ1) is 21.9. The summed E-state index contributed by atoms with van der Waals surface area (Å²) in [4.78, 5) is 0. The Morgan fingerprint density at radius 2 is 1.40 bits per heavy atom. The van der Waals surface area contributed by atoms with Crippen LogP contribution in [0, 0.1) is 0 Å². The fraction of sp³-hybridized carbons (Fsp3) is 1.00. The molecular formula is C6H12F6N2O4S2. The van der Waals surface area contributed by atoms with Gasteiger partial charge in [-0.15, -0.1) is 0 Å².